The van der Waals surface area contributed by atoms with Gasteiger partial charge in [-0.25, -0.2) is 0 Å². The summed E-state index contributed by atoms with van der Waals surface area (Å²) in [5.41, 5.74) is 6.34. The van der Waals surface area contributed by atoms with Gasteiger partial charge in [-0.05, 0) is 72.9 Å². The minimum absolute atomic E-state index is 0.00238. The first-order valence-corrected chi connectivity index (χ1v) is 15.1. The SMILES string of the molecule is Cc1cc(CC(=O)N2C[C@@H]3C(=O)NCCCN(C(=O)c4cccc5c4COC5)CCOc4cccc(c4)[C@H]3C2)cc(C)n1. The number of nitrogens with zero attached hydrogens (tertiary/aromatic N) is 3. The van der Waals surface area contributed by atoms with Crippen molar-refractivity contribution in [3.8, 4) is 5.75 Å². The second kappa shape index (κ2) is 12.6. The topological polar surface area (TPSA) is 101 Å². The van der Waals surface area contributed by atoms with Crippen molar-refractivity contribution in [2.75, 3.05) is 39.3 Å². The first kappa shape index (κ1) is 28.9. The number of pyridine rings is 1. The van der Waals surface area contributed by atoms with Gasteiger partial charge in [0.15, 0.2) is 0 Å². The van der Waals surface area contributed by atoms with Gasteiger partial charge in [-0.1, -0.05) is 24.3 Å². The number of aromatic nitrogens is 1. The zero-order valence-electron chi connectivity index (χ0n) is 24.8. The number of amides is 3. The van der Waals surface area contributed by atoms with Crippen molar-refractivity contribution in [2.24, 2.45) is 5.92 Å². The maximum atomic E-state index is 13.6. The molecule has 43 heavy (non-hydrogen) atoms. The smallest absolute Gasteiger partial charge is 0.254 e. The van der Waals surface area contributed by atoms with Crippen molar-refractivity contribution in [1.29, 1.82) is 0 Å². The lowest BCUT2D eigenvalue weighted by Gasteiger charge is -2.25. The zero-order chi connectivity index (χ0) is 29.9. The van der Waals surface area contributed by atoms with Gasteiger partial charge < -0.3 is 24.6 Å². The third kappa shape index (κ3) is 6.41. The summed E-state index contributed by atoms with van der Waals surface area (Å²) in [6.45, 7) is 7.33. The van der Waals surface area contributed by atoms with Gasteiger partial charge in [0, 0.05) is 49.0 Å². The van der Waals surface area contributed by atoms with E-state index in [1.165, 1.54) is 0 Å². The molecule has 1 fully saturated rings. The van der Waals surface area contributed by atoms with Gasteiger partial charge in [0.25, 0.3) is 5.91 Å². The highest BCUT2D eigenvalue weighted by Gasteiger charge is 2.40. The number of likely N-dealkylation sites (tertiary alicyclic amines) is 1. The first-order valence-electron chi connectivity index (χ1n) is 15.1. The van der Waals surface area contributed by atoms with E-state index < -0.39 is 0 Å². The van der Waals surface area contributed by atoms with E-state index in [9.17, 15) is 14.4 Å². The van der Waals surface area contributed by atoms with Crippen molar-refractivity contribution in [3.05, 3.63) is 93.8 Å². The molecular weight excluding hydrogens is 544 g/mol. The fraction of sp³-hybridized carbons (Fsp3) is 0.412. The standard InChI is InChI=1S/C34H38N4O5/c1-22-14-24(15-23(2)36-22)16-32(39)38-18-29-25-6-3-8-27(17-25)43-13-12-37(11-5-10-35-33(40)30(29)19-38)34(41)28-9-4-7-26-20-42-21-31(26)28/h3-4,6-9,14-15,17,29-30H,5,10-13,16,18-21H2,1-2H3,(H,35,40)/t29-,30+/m1/s1. The second-order valence-corrected chi connectivity index (χ2v) is 11.7. The molecule has 4 heterocycles. The Kier molecular flexibility index (Phi) is 8.42. The highest BCUT2D eigenvalue weighted by atomic mass is 16.5. The van der Waals surface area contributed by atoms with E-state index >= 15 is 0 Å². The summed E-state index contributed by atoms with van der Waals surface area (Å²) < 4.78 is 11.7. The summed E-state index contributed by atoms with van der Waals surface area (Å²) >= 11 is 0. The monoisotopic (exact) mass is 582 g/mol. The third-order valence-electron chi connectivity index (χ3n) is 8.62. The fourth-order valence-corrected chi connectivity index (χ4v) is 6.53. The molecular formula is C34H38N4O5. The number of carbonyl (C=O) groups is 3. The van der Waals surface area contributed by atoms with E-state index in [2.05, 4.69) is 10.3 Å². The van der Waals surface area contributed by atoms with Gasteiger partial charge in [0.2, 0.25) is 11.8 Å². The lowest BCUT2D eigenvalue weighted by molar-refractivity contribution is -0.130. The summed E-state index contributed by atoms with van der Waals surface area (Å²) in [6.07, 6.45) is 0.879. The molecule has 3 amide bonds. The van der Waals surface area contributed by atoms with E-state index in [1.54, 1.807) is 4.90 Å². The van der Waals surface area contributed by atoms with Crippen molar-refractivity contribution in [2.45, 2.75) is 45.8 Å². The maximum Gasteiger partial charge on any atom is 0.254 e. The first-order chi connectivity index (χ1) is 20.9. The minimum Gasteiger partial charge on any atom is -0.492 e. The summed E-state index contributed by atoms with van der Waals surface area (Å²) in [5, 5.41) is 3.11. The van der Waals surface area contributed by atoms with Crippen LogP contribution in [0.25, 0.3) is 0 Å². The van der Waals surface area contributed by atoms with Crippen molar-refractivity contribution in [1.82, 2.24) is 20.1 Å². The number of hydrogen-bond acceptors (Lipinski definition) is 6. The normalized spacial score (nSPS) is 20.5. The van der Waals surface area contributed by atoms with Gasteiger partial charge in [-0.3, -0.25) is 19.4 Å². The van der Waals surface area contributed by atoms with E-state index in [0.29, 0.717) is 70.3 Å². The van der Waals surface area contributed by atoms with E-state index in [-0.39, 0.29) is 36.0 Å². The van der Waals surface area contributed by atoms with Gasteiger partial charge in [-0.2, -0.15) is 0 Å². The van der Waals surface area contributed by atoms with Gasteiger partial charge >= 0.3 is 0 Å². The highest BCUT2D eigenvalue weighted by Crippen LogP contribution is 2.35. The Morgan fingerprint density at radius 3 is 2.58 bits per heavy atom. The second-order valence-electron chi connectivity index (χ2n) is 11.7. The van der Waals surface area contributed by atoms with Gasteiger partial charge in [-0.15, -0.1) is 0 Å². The Hall–Kier alpha value is -4.24. The molecule has 3 aliphatic heterocycles. The largest absolute Gasteiger partial charge is 0.492 e. The molecule has 0 saturated carbocycles. The van der Waals surface area contributed by atoms with Crippen LogP contribution < -0.4 is 10.1 Å². The third-order valence-corrected chi connectivity index (χ3v) is 8.62. The van der Waals surface area contributed by atoms with E-state index in [4.69, 9.17) is 9.47 Å². The van der Waals surface area contributed by atoms with Crippen LogP contribution in [0.5, 0.6) is 5.75 Å². The van der Waals surface area contributed by atoms with Crippen LogP contribution in [0, 0.1) is 19.8 Å². The van der Waals surface area contributed by atoms with Crippen LogP contribution in [0.4, 0.5) is 0 Å². The summed E-state index contributed by atoms with van der Waals surface area (Å²) in [6, 6.07) is 17.4. The van der Waals surface area contributed by atoms with E-state index in [1.807, 2.05) is 73.3 Å². The van der Waals surface area contributed by atoms with E-state index in [0.717, 1.165) is 33.6 Å². The lowest BCUT2D eigenvalue weighted by Crippen LogP contribution is -2.39. The van der Waals surface area contributed by atoms with Crippen LogP contribution >= 0.6 is 0 Å². The zero-order valence-corrected chi connectivity index (χ0v) is 24.8. The molecule has 0 radical (unpaired) electrons. The predicted octanol–water partition coefficient (Wildman–Crippen LogP) is 3.55. The molecule has 1 N–H and O–H groups in total. The van der Waals surface area contributed by atoms with Crippen molar-refractivity contribution in [3.63, 3.8) is 0 Å². The quantitative estimate of drug-likeness (QED) is 0.507. The molecule has 3 aromatic rings. The van der Waals surface area contributed by atoms with Crippen molar-refractivity contribution >= 4 is 17.7 Å². The number of carbonyl (C=O) groups excluding carboxylic acids is 3. The molecule has 0 aliphatic carbocycles. The molecule has 0 unspecified atom stereocenters. The molecule has 3 aliphatic rings. The van der Waals surface area contributed by atoms with Crippen molar-refractivity contribution < 1.29 is 23.9 Å². The average Bonchev–Trinajstić information content (AvgIpc) is 3.65. The van der Waals surface area contributed by atoms with Gasteiger partial charge in [0.05, 0.1) is 32.1 Å². The molecule has 2 bridgehead atoms. The molecule has 224 valence electrons. The molecule has 0 spiro atoms. The number of ether oxygens (including phenoxy) is 2. The number of rotatable bonds is 3. The Morgan fingerprint density at radius 1 is 0.953 bits per heavy atom. The Bertz CT molecular complexity index is 1520. The molecule has 9 nitrogen and oxygen atoms in total. The number of aryl methyl sites for hydroxylation is 2. The molecule has 6 rings (SSSR count). The van der Waals surface area contributed by atoms with Crippen LogP contribution in [-0.2, 0) is 34.0 Å². The van der Waals surface area contributed by atoms with Gasteiger partial charge in [0.1, 0.15) is 12.4 Å². The molecule has 9 heteroatoms. The van der Waals surface area contributed by atoms with Crippen LogP contribution in [0.15, 0.2) is 54.6 Å². The Labute approximate surface area is 252 Å². The highest BCUT2D eigenvalue weighted by molar-refractivity contribution is 5.96. The predicted molar refractivity (Wildman–Crippen MR) is 161 cm³/mol. The summed E-state index contributed by atoms with van der Waals surface area (Å²) in [7, 11) is 0. The van der Waals surface area contributed by atoms with Crippen LogP contribution in [0.1, 0.15) is 56.3 Å². The van der Waals surface area contributed by atoms with Crippen LogP contribution in [0.2, 0.25) is 0 Å². The Balaban J connectivity index is 1.19. The summed E-state index contributed by atoms with van der Waals surface area (Å²) in [5.74, 6) is 0.0348. The Morgan fingerprint density at radius 2 is 1.74 bits per heavy atom. The number of fused-ring (bicyclic) bond motifs is 5. The lowest BCUT2D eigenvalue weighted by atomic mass is 9.88. The average molecular weight is 583 g/mol. The molecule has 1 saturated heterocycles. The van der Waals surface area contributed by atoms with Crippen LogP contribution in [0.3, 0.4) is 0 Å². The molecule has 2 aromatic carbocycles. The fourth-order valence-electron chi connectivity index (χ4n) is 6.53. The number of nitrogens with one attached hydrogen (secondary N) is 1. The van der Waals surface area contributed by atoms with Crippen LogP contribution in [-0.4, -0.2) is 71.8 Å². The number of benzene rings is 2. The molecule has 2 atom stereocenters. The summed E-state index contributed by atoms with van der Waals surface area (Å²) in [4.78, 5) is 48.6. The maximum absolute atomic E-state index is 13.6. The molecule has 1 aromatic heterocycles. The minimum atomic E-state index is -0.382. The number of hydrogen-bond donors (Lipinski definition) is 1.